The lowest BCUT2D eigenvalue weighted by Gasteiger charge is -2.14. The van der Waals surface area contributed by atoms with Crippen molar-refractivity contribution in [3.8, 4) is 0 Å². The number of nitrogens with one attached hydrogen (secondary N) is 1. The molecule has 0 heterocycles. The van der Waals surface area contributed by atoms with Crippen molar-refractivity contribution in [3.63, 3.8) is 0 Å². The second kappa shape index (κ2) is 7.14. The molecule has 0 bridgehead atoms. The van der Waals surface area contributed by atoms with E-state index in [1.807, 2.05) is 0 Å². The Balaban J connectivity index is 2.30. The monoisotopic (exact) mass is 373 g/mol. The van der Waals surface area contributed by atoms with E-state index in [4.69, 9.17) is 4.74 Å². The first-order valence-electron chi connectivity index (χ1n) is 7.11. The van der Waals surface area contributed by atoms with Gasteiger partial charge in [0, 0.05) is 5.69 Å². The van der Waals surface area contributed by atoms with E-state index in [0.29, 0.717) is 6.07 Å². The molecule has 0 unspecified atom stereocenters. The quantitative estimate of drug-likeness (QED) is 0.812. The van der Waals surface area contributed by atoms with Crippen molar-refractivity contribution in [2.45, 2.75) is 18.0 Å². The predicted octanol–water partition coefficient (Wildman–Crippen LogP) is 3.68. The SMILES string of the molecule is CCOC(=O)c1ccc(NS(=O)(=O)c2ccccc2C(F)(F)F)cc1. The molecule has 0 aliphatic rings. The normalized spacial score (nSPS) is 11.8. The van der Waals surface area contributed by atoms with Crippen LogP contribution in [-0.2, 0) is 20.9 Å². The number of rotatable bonds is 5. The molecule has 9 heteroatoms. The first kappa shape index (κ1) is 18.8. The Morgan fingerprint density at radius 1 is 1.08 bits per heavy atom. The Morgan fingerprint density at radius 2 is 1.68 bits per heavy atom. The van der Waals surface area contributed by atoms with E-state index in [-0.39, 0.29) is 17.9 Å². The van der Waals surface area contributed by atoms with Crippen LogP contribution >= 0.6 is 0 Å². The zero-order valence-corrected chi connectivity index (χ0v) is 13.8. The van der Waals surface area contributed by atoms with Gasteiger partial charge >= 0.3 is 12.1 Å². The number of hydrogen-bond acceptors (Lipinski definition) is 4. The molecule has 0 aliphatic heterocycles. The third kappa shape index (κ3) is 4.50. The van der Waals surface area contributed by atoms with E-state index in [0.717, 1.165) is 12.1 Å². The van der Waals surface area contributed by atoms with E-state index in [1.165, 1.54) is 30.3 Å². The van der Waals surface area contributed by atoms with Crippen molar-refractivity contribution < 1.29 is 31.1 Å². The van der Waals surface area contributed by atoms with Crippen molar-refractivity contribution in [3.05, 3.63) is 59.7 Å². The van der Waals surface area contributed by atoms with Crippen molar-refractivity contribution in [1.82, 2.24) is 0 Å². The molecule has 0 radical (unpaired) electrons. The molecular weight excluding hydrogens is 359 g/mol. The summed E-state index contributed by atoms with van der Waals surface area (Å²) in [5.41, 5.74) is -1.05. The highest BCUT2D eigenvalue weighted by atomic mass is 32.2. The highest BCUT2D eigenvalue weighted by Gasteiger charge is 2.36. The maximum Gasteiger partial charge on any atom is 0.417 e. The Hall–Kier alpha value is -2.55. The Morgan fingerprint density at radius 3 is 2.24 bits per heavy atom. The van der Waals surface area contributed by atoms with Gasteiger partial charge in [0.15, 0.2) is 0 Å². The summed E-state index contributed by atoms with van der Waals surface area (Å²) in [5.74, 6) is -0.584. The summed E-state index contributed by atoms with van der Waals surface area (Å²) in [4.78, 5) is 10.7. The number of halogens is 3. The summed E-state index contributed by atoms with van der Waals surface area (Å²) < 4.78 is 70.4. The lowest BCUT2D eigenvalue weighted by Crippen LogP contribution is -2.19. The lowest BCUT2D eigenvalue weighted by molar-refractivity contribution is -0.139. The molecule has 2 aromatic rings. The molecule has 25 heavy (non-hydrogen) atoms. The third-order valence-corrected chi connectivity index (χ3v) is 4.57. The van der Waals surface area contributed by atoms with Gasteiger partial charge in [0.2, 0.25) is 0 Å². The topological polar surface area (TPSA) is 72.5 Å². The molecule has 0 aliphatic carbocycles. The van der Waals surface area contributed by atoms with Gasteiger partial charge in [-0.2, -0.15) is 13.2 Å². The fraction of sp³-hybridized carbons (Fsp3) is 0.188. The average molecular weight is 373 g/mol. The summed E-state index contributed by atoms with van der Waals surface area (Å²) in [5, 5.41) is 0. The van der Waals surface area contributed by atoms with Crippen LogP contribution < -0.4 is 4.72 Å². The zero-order valence-electron chi connectivity index (χ0n) is 13.0. The van der Waals surface area contributed by atoms with Gasteiger partial charge in [-0.1, -0.05) is 12.1 Å². The molecule has 5 nitrogen and oxygen atoms in total. The number of carbonyl (C=O) groups is 1. The molecule has 0 atom stereocenters. The molecule has 2 rings (SSSR count). The van der Waals surface area contributed by atoms with Crippen molar-refractivity contribution in [1.29, 1.82) is 0 Å². The summed E-state index contributed by atoms with van der Waals surface area (Å²) in [7, 11) is -4.46. The highest BCUT2D eigenvalue weighted by molar-refractivity contribution is 7.92. The summed E-state index contributed by atoms with van der Waals surface area (Å²) in [6.45, 7) is 1.82. The fourth-order valence-electron chi connectivity index (χ4n) is 2.03. The standard InChI is InChI=1S/C16H14F3NO4S/c1-2-24-15(21)11-7-9-12(10-8-11)20-25(22,23)14-6-4-3-5-13(14)16(17,18)19/h3-10,20H,2H2,1H3. The number of ether oxygens (including phenoxy) is 1. The van der Waals surface area contributed by atoms with Gasteiger partial charge in [0.25, 0.3) is 10.0 Å². The second-order valence-corrected chi connectivity index (χ2v) is 6.55. The molecule has 2 aromatic carbocycles. The van der Waals surface area contributed by atoms with Crippen molar-refractivity contribution in [2.24, 2.45) is 0 Å². The van der Waals surface area contributed by atoms with Crippen LogP contribution in [-0.4, -0.2) is 21.0 Å². The van der Waals surface area contributed by atoms with Crippen LogP contribution in [0.25, 0.3) is 0 Å². The predicted molar refractivity (Wildman–Crippen MR) is 84.7 cm³/mol. The first-order chi connectivity index (χ1) is 11.6. The number of benzene rings is 2. The molecule has 1 N–H and O–H groups in total. The van der Waals surface area contributed by atoms with Gasteiger partial charge in [-0.05, 0) is 43.3 Å². The largest absolute Gasteiger partial charge is 0.462 e. The summed E-state index contributed by atoms with van der Waals surface area (Å²) >= 11 is 0. The lowest BCUT2D eigenvalue weighted by atomic mass is 10.2. The van der Waals surface area contributed by atoms with E-state index >= 15 is 0 Å². The molecule has 0 saturated heterocycles. The number of alkyl halides is 3. The smallest absolute Gasteiger partial charge is 0.417 e. The maximum atomic E-state index is 13.0. The second-order valence-electron chi connectivity index (χ2n) is 4.90. The minimum Gasteiger partial charge on any atom is -0.462 e. The summed E-state index contributed by atoms with van der Waals surface area (Å²) in [6.07, 6.45) is -4.81. The minimum atomic E-state index is -4.81. The van der Waals surface area contributed by atoms with Crippen LogP contribution in [0.3, 0.4) is 0 Å². The fourth-order valence-corrected chi connectivity index (χ4v) is 3.32. The van der Waals surface area contributed by atoms with E-state index in [1.54, 1.807) is 6.92 Å². The van der Waals surface area contributed by atoms with Crippen LogP contribution in [0.2, 0.25) is 0 Å². The molecule has 134 valence electrons. The highest BCUT2D eigenvalue weighted by Crippen LogP contribution is 2.34. The number of hydrogen-bond donors (Lipinski definition) is 1. The van der Waals surface area contributed by atoms with E-state index < -0.39 is 32.6 Å². The molecule has 0 saturated carbocycles. The molecule has 0 spiro atoms. The Kier molecular flexibility index (Phi) is 5.36. The number of esters is 1. The van der Waals surface area contributed by atoms with Crippen LogP contribution in [0.1, 0.15) is 22.8 Å². The Bertz CT molecular complexity index is 862. The van der Waals surface area contributed by atoms with Gasteiger partial charge in [-0.3, -0.25) is 4.72 Å². The van der Waals surface area contributed by atoms with Crippen LogP contribution in [0.15, 0.2) is 53.4 Å². The first-order valence-corrected chi connectivity index (χ1v) is 8.59. The minimum absolute atomic E-state index is 0.0185. The van der Waals surface area contributed by atoms with Crippen LogP contribution in [0.5, 0.6) is 0 Å². The van der Waals surface area contributed by atoms with Gasteiger partial charge in [-0.15, -0.1) is 0 Å². The number of carbonyl (C=O) groups excluding carboxylic acids is 1. The molecule has 0 aromatic heterocycles. The molecular formula is C16H14F3NO4S. The van der Waals surface area contributed by atoms with Gasteiger partial charge < -0.3 is 4.74 Å². The van der Waals surface area contributed by atoms with E-state index in [2.05, 4.69) is 4.72 Å². The molecule has 0 amide bonds. The number of sulfonamides is 1. The zero-order chi connectivity index (χ0) is 18.7. The van der Waals surface area contributed by atoms with Crippen LogP contribution in [0.4, 0.5) is 18.9 Å². The van der Waals surface area contributed by atoms with Gasteiger partial charge in [0.05, 0.1) is 22.6 Å². The number of anilines is 1. The van der Waals surface area contributed by atoms with Gasteiger partial charge in [-0.25, -0.2) is 13.2 Å². The van der Waals surface area contributed by atoms with Gasteiger partial charge in [0.1, 0.15) is 0 Å². The average Bonchev–Trinajstić information content (AvgIpc) is 2.54. The van der Waals surface area contributed by atoms with Crippen molar-refractivity contribution >= 4 is 21.7 Å². The van der Waals surface area contributed by atoms with Crippen molar-refractivity contribution in [2.75, 3.05) is 11.3 Å². The molecule has 0 fully saturated rings. The third-order valence-electron chi connectivity index (χ3n) is 3.13. The van der Waals surface area contributed by atoms with E-state index in [9.17, 15) is 26.4 Å². The summed E-state index contributed by atoms with van der Waals surface area (Å²) in [6, 6.07) is 9.03. The Labute approximate surface area is 142 Å². The maximum absolute atomic E-state index is 13.0. The van der Waals surface area contributed by atoms with Crippen LogP contribution in [0, 0.1) is 0 Å².